The van der Waals surface area contributed by atoms with E-state index in [0.29, 0.717) is 11.8 Å². The Morgan fingerprint density at radius 1 is 1.33 bits per heavy atom. The van der Waals surface area contributed by atoms with Crippen molar-refractivity contribution < 1.29 is 4.42 Å². The fourth-order valence-electron chi connectivity index (χ4n) is 3.16. The van der Waals surface area contributed by atoms with Gasteiger partial charge < -0.3 is 9.73 Å². The summed E-state index contributed by atoms with van der Waals surface area (Å²) in [5.41, 5.74) is 0. The van der Waals surface area contributed by atoms with Gasteiger partial charge in [0.05, 0.1) is 6.20 Å². The molecule has 1 aromatic rings. The van der Waals surface area contributed by atoms with Crippen LogP contribution in [0, 0.1) is 17.8 Å². The summed E-state index contributed by atoms with van der Waals surface area (Å²) in [5, 5.41) is 3.43. The van der Waals surface area contributed by atoms with Gasteiger partial charge in [-0.15, -0.1) is 0 Å². The van der Waals surface area contributed by atoms with E-state index in [-0.39, 0.29) is 0 Å². The van der Waals surface area contributed by atoms with Crippen LogP contribution in [0.5, 0.6) is 0 Å². The molecule has 3 nitrogen and oxygen atoms in total. The van der Waals surface area contributed by atoms with Gasteiger partial charge in [0.25, 0.3) is 0 Å². The lowest BCUT2D eigenvalue weighted by atomic mass is 10.0. The average Bonchev–Trinajstić information content (AvgIpc) is 2.80. The maximum atomic E-state index is 5.89. The van der Waals surface area contributed by atoms with E-state index >= 15 is 0 Å². The van der Waals surface area contributed by atoms with E-state index in [1.165, 1.54) is 19.3 Å². The monoisotopic (exact) mass is 248 g/mol. The molecule has 2 aliphatic rings. The molecule has 2 saturated carbocycles. The fraction of sp³-hybridized carbons (Fsp3) is 0.800. The minimum atomic E-state index is 0.665. The van der Waals surface area contributed by atoms with Gasteiger partial charge in [-0.05, 0) is 43.6 Å². The molecule has 0 radical (unpaired) electrons. The van der Waals surface area contributed by atoms with E-state index in [9.17, 15) is 0 Å². The summed E-state index contributed by atoms with van der Waals surface area (Å²) in [7, 11) is 0. The van der Waals surface area contributed by atoms with Gasteiger partial charge in [-0.25, -0.2) is 4.98 Å². The highest BCUT2D eigenvalue weighted by molar-refractivity contribution is 5.11. The summed E-state index contributed by atoms with van der Waals surface area (Å²) in [6, 6.07) is 0. The van der Waals surface area contributed by atoms with Gasteiger partial charge >= 0.3 is 0 Å². The predicted molar refractivity (Wildman–Crippen MR) is 71.5 cm³/mol. The van der Waals surface area contributed by atoms with Crippen LogP contribution < -0.4 is 5.32 Å². The van der Waals surface area contributed by atoms with E-state index in [1.807, 2.05) is 6.20 Å². The van der Waals surface area contributed by atoms with Crippen LogP contribution in [0.1, 0.15) is 50.7 Å². The molecule has 2 fully saturated rings. The highest BCUT2D eigenvalue weighted by atomic mass is 16.4. The second-order valence-electron chi connectivity index (χ2n) is 6.43. The standard InChI is InChI=1S/C15H24N2O/c1-10(2)8-16-4-3-15-17-9-14(18-15)13-6-11-5-12(11)7-13/h9-13,16H,3-8H2,1-2H3. The van der Waals surface area contributed by atoms with Crippen molar-refractivity contribution in [2.45, 2.75) is 45.4 Å². The van der Waals surface area contributed by atoms with Crippen LogP contribution in [0.15, 0.2) is 10.6 Å². The van der Waals surface area contributed by atoms with Crippen LogP contribution in [0.3, 0.4) is 0 Å². The smallest absolute Gasteiger partial charge is 0.195 e. The number of nitrogens with zero attached hydrogens (tertiary/aromatic N) is 1. The molecule has 2 atom stereocenters. The molecule has 3 rings (SSSR count). The van der Waals surface area contributed by atoms with E-state index < -0.39 is 0 Å². The Balaban J connectivity index is 1.45. The largest absolute Gasteiger partial charge is 0.445 e. The molecule has 3 heteroatoms. The molecule has 1 heterocycles. The Kier molecular flexibility index (Phi) is 3.42. The van der Waals surface area contributed by atoms with Crippen molar-refractivity contribution in [3.8, 4) is 0 Å². The van der Waals surface area contributed by atoms with Crippen molar-refractivity contribution in [1.29, 1.82) is 0 Å². The fourth-order valence-corrected chi connectivity index (χ4v) is 3.16. The third-order valence-electron chi connectivity index (χ3n) is 4.29. The maximum absolute atomic E-state index is 5.89. The van der Waals surface area contributed by atoms with Crippen molar-refractivity contribution in [1.82, 2.24) is 10.3 Å². The Hall–Kier alpha value is -0.830. The molecule has 1 N–H and O–H groups in total. The summed E-state index contributed by atoms with van der Waals surface area (Å²) >= 11 is 0. The van der Waals surface area contributed by atoms with Gasteiger partial charge in [0.1, 0.15) is 5.76 Å². The summed E-state index contributed by atoms with van der Waals surface area (Å²) in [4.78, 5) is 4.41. The van der Waals surface area contributed by atoms with E-state index in [4.69, 9.17) is 4.42 Å². The van der Waals surface area contributed by atoms with Crippen molar-refractivity contribution in [3.05, 3.63) is 17.8 Å². The first-order chi connectivity index (χ1) is 8.72. The molecule has 1 aromatic heterocycles. The van der Waals surface area contributed by atoms with Crippen molar-refractivity contribution in [2.24, 2.45) is 17.8 Å². The van der Waals surface area contributed by atoms with Crippen molar-refractivity contribution in [2.75, 3.05) is 13.1 Å². The average molecular weight is 248 g/mol. The number of hydrogen-bond acceptors (Lipinski definition) is 3. The van der Waals surface area contributed by atoms with Crippen LogP contribution in [-0.2, 0) is 6.42 Å². The predicted octanol–water partition coefficient (Wildman–Crippen LogP) is 2.98. The number of rotatable bonds is 6. The lowest BCUT2D eigenvalue weighted by Crippen LogP contribution is -2.22. The van der Waals surface area contributed by atoms with Crippen molar-refractivity contribution in [3.63, 3.8) is 0 Å². The Bertz CT molecular complexity index is 389. The molecule has 100 valence electrons. The van der Waals surface area contributed by atoms with Gasteiger partial charge in [0.15, 0.2) is 5.89 Å². The summed E-state index contributed by atoms with van der Waals surface area (Å²) in [6.07, 6.45) is 7.02. The molecule has 0 amide bonds. The van der Waals surface area contributed by atoms with Gasteiger partial charge in [-0.3, -0.25) is 0 Å². The second-order valence-corrected chi connectivity index (χ2v) is 6.43. The minimum Gasteiger partial charge on any atom is -0.445 e. The zero-order chi connectivity index (χ0) is 12.5. The van der Waals surface area contributed by atoms with E-state index in [0.717, 1.165) is 43.0 Å². The maximum Gasteiger partial charge on any atom is 0.195 e. The molecule has 0 aliphatic heterocycles. The third-order valence-corrected chi connectivity index (χ3v) is 4.29. The van der Waals surface area contributed by atoms with Gasteiger partial charge in [0.2, 0.25) is 0 Å². The molecule has 0 spiro atoms. The number of fused-ring (bicyclic) bond motifs is 1. The molecular formula is C15H24N2O. The summed E-state index contributed by atoms with van der Waals surface area (Å²) < 4.78 is 5.89. The highest BCUT2D eigenvalue weighted by Crippen LogP contribution is 2.57. The summed E-state index contributed by atoms with van der Waals surface area (Å²) in [5.74, 6) is 5.43. The Morgan fingerprint density at radius 3 is 2.83 bits per heavy atom. The molecule has 0 saturated heterocycles. The first-order valence-electron chi connectivity index (χ1n) is 7.37. The quantitative estimate of drug-likeness (QED) is 0.787. The van der Waals surface area contributed by atoms with Crippen LogP contribution in [0.2, 0.25) is 0 Å². The number of nitrogens with one attached hydrogen (secondary N) is 1. The zero-order valence-electron chi connectivity index (χ0n) is 11.5. The Morgan fingerprint density at radius 2 is 2.11 bits per heavy atom. The van der Waals surface area contributed by atoms with E-state index in [2.05, 4.69) is 24.1 Å². The van der Waals surface area contributed by atoms with Crippen LogP contribution in [0.4, 0.5) is 0 Å². The van der Waals surface area contributed by atoms with Gasteiger partial charge in [-0.2, -0.15) is 0 Å². The third kappa shape index (κ3) is 2.77. The van der Waals surface area contributed by atoms with Crippen LogP contribution >= 0.6 is 0 Å². The lowest BCUT2D eigenvalue weighted by Gasteiger charge is -2.07. The van der Waals surface area contributed by atoms with Crippen LogP contribution in [-0.4, -0.2) is 18.1 Å². The summed E-state index contributed by atoms with van der Waals surface area (Å²) in [6.45, 7) is 6.48. The van der Waals surface area contributed by atoms with Crippen molar-refractivity contribution >= 4 is 0 Å². The van der Waals surface area contributed by atoms with Gasteiger partial charge in [-0.1, -0.05) is 13.8 Å². The topological polar surface area (TPSA) is 38.1 Å². The molecular weight excluding hydrogens is 224 g/mol. The highest BCUT2D eigenvalue weighted by Gasteiger charge is 2.47. The molecule has 2 aliphatic carbocycles. The van der Waals surface area contributed by atoms with Crippen LogP contribution in [0.25, 0.3) is 0 Å². The zero-order valence-corrected chi connectivity index (χ0v) is 11.5. The lowest BCUT2D eigenvalue weighted by molar-refractivity contribution is 0.407. The molecule has 2 unspecified atom stereocenters. The number of hydrogen-bond donors (Lipinski definition) is 1. The SMILES string of the molecule is CC(C)CNCCc1ncc(C2CC3CC3C2)o1. The molecule has 0 bridgehead atoms. The number of oxazole rings is 1. The molecule has 0 aromatic carbocycles. The van der Waals surface area contributed by atoms with E-state index in [1.54, 1.807) is 0 Å². The minimum absolute atomic E-state index is 0.665. The van der Waals surface area contributed by atoms with Gasteiger partial charge in [0, 0.05) is 18.9 Å². The second kappa shape index (κ2) is 5.04. The first-order valence-corrected chi connectivity index (χ1v) is 7.37. The normalized spacial score (nSPS) is 29.8. The molecule has 18 heavy (non-hydrogen) atoms. The Labute approximate surface area is 109 Å². The number of aromatic nitrogens is 1. The first kappa shape index (κ1) is 12.2.